The van der Waals surface area contributed by atoms with Gasteiger partial charge >= 0.3 is 0 Å². The van der Waals surface area contributed by atoms with E-state index in [-0.39, 0.29) is 0 Å². The zero-order valence-electron chi connectivity index (χ0n) is 9.76. The van der Waals surface area contributed by atoms with Gasteiger partial charge in [0.05, 0.1) is 18.6 Å². The third-order valence-corrected chi connectivity index (χ3v) is 2.38. The average Bonchev–Trinajstić information content (AvgIpc) is 2.96. The van der Waals surface area contributed by atoms with E-state index in [0.29, 0.717) is 12.0 Å². The van der Waals surface area contributed by atoms with Crippen molar-refractivity contribution >= 4 is 11.6 Å². The molecule has 1 aliphatic heterocycles. The summed E-state index contributed by atoms with van der Waals surface area (Å²) in [5.74, 6) is 0.667. The molecule has 0 saturated carbocycles. The Bertz CT molecular complexity index is 116. The van der Waals surface area contributed by atoms with Gasteiger partial charge in [0.25, 0.3) is 0 Å². The summed E-state index contributed by atoms with van der Waals surface area (Å²) in [6, 6.07) is 0. The molecule has 0 aromatic rings. The Morgan fingerprint density at radius 3 is 2.21 bits per heavy atom. The Balaban J connectivity index is 0.000000280. The summed E-state index contributed by atoms with van der Waals surface area (Å²) in [6.07, 6.45) is 5.90. The molecule has 14 heavy (non-hydrogen) atoms. The number of hydrogen-bond donors (Lipinski definition) is 0. The Kier molecular flexibility index (Phi) is 9.90. The van der Waals surface area contributed by atoms with E-state index >= 15 is 0 Å². The maximum absolute atomic E-state index is 5.27. The van der Waals surface area contributed by atoms with Gasteiger partial charge in [-0.15, -0.1) is 11.6 Å². The van der Waals surface area contributed by atoms with Crippen LogP contribution in [0.1, 0.15) is 32.6 Å². The first-order valence-corrected chi connectivity index (χ1v) is 6.06. The normalized spacial score (nSPS) is 19.1. The fourth-order valence-electron chi connectivity index (χ4n) is 1.01. The summed E-state index contributed by atoms with van der Waals surface area (Å²) in [6.45, 7) is 4.37. The third-order valence-electron chi connectivity index (χ3n) is 2.03. The molecule has 1 heterocycles. The highest BCUT2D eigenvalue weighted by Crippen LogP contribution is 2.08. The summed E-state index contributed by atoms with van der Waals surface area (Å²) < 4.78 is 4.73. The lowest BCUT2D eigenvalue weighted by molar-refractivity contribution is 0.391. The predicted octanol–water partition coefficient (Wildman–Crippen LogP) is 2.75. The first-order valence-electron chi connectivity index (χ1n) is 5.53. The number of nitrogens with zero attached hydrogens (tertiary/aromatic N) is 1. The summed E-state index contributed by atoms with van der Waals surface area (Å²) in [5, 5.41) is 0. The van der Waals surface area contributed by atoms with Gasteiger partial charge in [-0.05, 0) is 27.1 Å². The first-order chi connectivity index (χ1) is 6.70. The van der Waals surface area contributed by atoms with Gasteiger partial charge in [-0.2, -0.15) is 0 Å². The zero-order valence-corrected chi connectivity index (χ0v) is 10.5. The topological polar surface area (TPSA) is 15.8 Å². The van der Waals surface area contributed by atoms with Crippen LogP contribution in [0.3, 0.4) is 0 Å². The van der Waals surface area contributed by atoms with Gasteiger partial charge in [0, 0.05) is 0 Å². The van der Waals surface area contributed by atoms with Gasteiger partial charge in [-0.25, -0.2) is 0 Å². The maximum atomic E-state index is 5.27. The second-order valence-corrected chi connectivity index (χ2v) is 4.28. The molecule has 86 valence electrons. The summed E-state index contributed by atoms with van der Waals surface area (Å²) in [4.78, 5) is 2.25. The number of alkyl halides is 1. The summed E-state index contributed by atoms with van der Waals surface area (Å²) in [5.41, 5.74) is 0. The van der Waals surface area contributed by atoms with Gasteiger partial charge in [0.1, 0.15) is 0 Å². The molecule has 0 bridgehead atoms. The molecule has 1 saturated heterocycles. The Labute approximate surface area is 93.6 Å². The van der Waals surface area contributed by atoms with Crippen LogP contribution >= 0.6 is 11.6 Å². The van der Waals surface area contributed by atoms with E-state index in [4.69, 9.17) is 16.3 Å². The molecule has 1 fully saturated rings. The van der Waals surface area contributed by atoms with Gasteiger partial charge in [0.15, 0.2) is 0 Å². The van der Waals surface area contributed by atoms with Crippen molar-refractivity contribution in [3.05, 3.63) is 0 Å². The molecule has 0 N–H and O–H groups in total. The summed E-state index contributed by atoms with van der Waals surface area (Å²) >= 11 is 5.27. The fraction of sp³-hybridized carbons (Fsp3) is 1.00. The van der Waals surface area contributed by atoms with E-state index in [2.05, 4.69) is 25.9 Å². The van der Waals surface area contributed by atoms with Crippen LogP contribution in [-0.4, -0.2) is 44.1 Å². The second-order valence-electron chi connectivity index (χ2n) is 3.97. The third kappa shape index (κ3) is 12.2. The van der Waals surface area contributed by atoms with Crippen LogP contribution < -0.4 is 0 Å². The van der Waals surface area contributed by atoms with E-state index in [1.807, 2.05) is 0 Å². The number of rotatable bonds is 6. The van der Waals surface area contributed by atoms with Gasteiger partial charge < -0.3 is 9.64 Å². The lowest BCUT2D eigenvalue weighted by Gasteiger charge is -2.07. The molecule has 0 aromatic heterocycles. The molecule has 0 radical (unpaired) electrons. The van der Waals surface area contributed by atoms with Crippen LogP contribution in [0.25, 0.3) is 0 Å². The number of hydrogen-bond acceptors (Lipinski definition) is 2. The number of epoxide rings is 1. The lowest BCUT2D eigenvalue weighted by atomic mass is 10.2. The number of halogens is 1. The van der Waals surface area contributed by atoms with Crippen LogP contribution in [0, 0.1) is 0 Å². The predicted molar refractivity (Wildman–Crippen MR) is 63.2 cm³/mol. The minimum Gasteiger partial charge on any atom is -0.372 e. The Morgan fingerprint density at radius 2 is 1.93 bits per heavy atom. The van der Waals surface area contributed by atoms with Crippen LogP contribution in [-0.2, 0) is 4.74 Å². The van der Waals surface area contributed by atoms with Crippen LogP contribution in [0.4, 0.5) is 0 Å². The van der Waals surface area contributed by atoms with E-state index in [0.717, 1.165) is 6.61 Å². The van der Waals surface area contributed by atoms with E-state index < -0.39 is 0 Å². The lowest BCUT2D eigenvalue weighted by Crippen LogP contribution is -2.12. The van der Waals surface area contributed by atoms with Crippen LogP contribution in [0.15, 0.2) is 0 Å². The van der Waals surface area contributed by atoms with E-state index in [1.165, 1.54) is 32.2 Å². The molecule has 0 aliphatic carbocycles. The van der Waals surface area contributed by atoms with Crippen molar-refractivity contribution in [1.29, 1.82) is 0 Å². The molecule has 0 aromatic carbocycles. The van der Waals surface area contributed by atoms with Crippen molar-refractivity contribution < 1.29 is 4.74 Å². The monoisotopic (exact) mass is 221 g/mol. The number of ether oxygens (including phenoxy) is 1. The standard InChI is InChI=1S/C8H19N.C3H5ClO/c1-4-5-6-7-8-9(2)3;4-1-3-2-5-3/h4-8H2,1-3H3;3H,1-2H2. The molecular weight excluding hydrogens is 198 g/mol. The average molecular weight is 222 g/mol. The van der Waals surface area contributed by atoms with Crippen molar-refractivity contribution in [3.63, 3.8) is 0 Å². The SMILES string of the molecule is CCCCCCN(C)C.ClCC1CO1. The van der Waals surface area contributed by atoms with Crippen molar-refractivity contribution in [3.8, 4) is 0 Å². The van der Waals surface area contributed by atoms with Crippen molar-refractivity contribution in [2.24, 2.45) is 0 Å². The minimum absolute atomic E-state index is 0.400. The first kappa shape index (κ1) is 14.2. The van der Waals surface area contributed by atoms with Gasteiger partial charge in [0.2, 0.25) is 0 Å². The van der Waals surface area contributed by atoms with Gasteiger partial charge in [-0.3, -0.25) is 0 Å². The molecule has 1 unspecified atom stereocenters. The highest BCUT2D eigenvalue weighted by Gasteiger charge is 2.19. The fourth-order valence-corrected chi connectivity index (χ4v) is 1.19. The van der Waals surface area contributed by atoms with Crippen molar-refractivity contribution in [2.75, 3.05) is 33.1 Å². The molecule has 2 nitrogen and oxygen atoms in total. The Hall–Kier alpha value is 0.210. The summed E-state index contributed by atoms with van der Waals surface area (Å²) in [7, 11) is 4.26. The van der Waals surface area contributed by atoms with Crippen molar-refractivity contribution in [1.82, 2.24) is 4.90 Å². The van der Waals surface area contributed by atoms with Crippen LogP contribution in [0.2, 0.25) is 0 Å². The Morgan fingerprint density at radius 1 is 1.29 bits per heavy atom. The van der Waals surface area contributed by atoms with E-state index in [9.17, 15) is 0 Å². The van der Waals surface area contributed by atoms with Gasteiger partial charge in [-0.1, -0.05) is 26.2 Å². The molecular formula is C11H24ClNO. The smallest absolute Gasteiger partial charge is 0.0944 e. The molecule has 1 atom stereocenters. The molecule has 3 heteroatoms. The van der Waals surface area contributed by atoms with E-state index in [1.54, 1.807) is 0 Å². The minimum atomic E-state index is 0.400. The second kappa shape index (κ2) is 9.75. The molecule has 1 aliphatic rings. The highest BCUT2D eigenvalue weighted by atomic mass is 35.5. The largest absolute Gasteiger partial charge is 0.372 e. The highest BCUT2D eigenvalue weighted by molar-refractivity contribution is 6.18. The molecule has 0 amide bonds. The molecule has 1 rings (SSSR count). The number of unbranched alkanes of at least 4 members (excludes halogenated alkanes) is 3. The quantitative estimate of drug-likeness (QED) is 0.390. The van der Waals surface area contributed by atoms with Crippen LogP contribution in [0.5, 0.6) is 0 Å². The molecule has 0 spiro atoms. The maximum Gasteiger partial charge on any atom is 0.0944 e. The zero-order chi connectivity index (χ0) is 10.8. The van der Waals surface area contributed by atoms with Crippen molar-refractivity contribution in [2.45, 2.75) is 38.7 Å².